The molecule has 1 aromatic carbocycles. The van der Waals surface area contributed by atoms with E-state index in [1.807, 2.05) is 0 Å². The van der Waals surface area contributed by atoms with Gasteiger partial charge >= 0.3 is 6.18 Å². The Labute approximate surface area is 148 Å². The minimum Gasteiger partial charge on any atom is -0.773 e. The molecule has 1 unspecified atom stereocenters. The number of carbonyl (C=O) groups excluding carboxylic acids is 1. The Kier molecular flexibility index (Phi) is 7.52. The third-order valence-electron chi connectivity index (χ3n) is 2.88. The maximum absolute atomic E-state index is 12.4. The van der Waals surface area contributed by atoms with E-state index >= 15 is 0 Å². The van der Waals surface area contributed by atoms with Crippen molar-refractivity contribution in [1.82, 2.24) is 4.98 Å². The maximum Gasteiger partial charge on any atom is 0.434 e. The van der Waals surface area contributed by atoms with Crippen LogP contribution < -0.4 is 11.1 Å². The van der Waals surface area contributed by atoms with Crippen LogP contribution in [0, 0.1) is 0 Å². The van der Waals surface area contributed by atoms with Gasteiger partial charge in [-0.05, 0) is 30.9 Å². The highest BCUT2D eigenvalue weighted by molar-refractivity contribution is 7.78. The molecule has 6 nitrogen and oxygen atoms in total. The van der Waals surface area contributed by atoms with E-state index in [1.54, 1.807) is 31.2 Å². The fourth-order valence-electron chi connectivity index (χ4n) is 1.60. The summed E-state index contributed by atoms with van der Waals surface area (Å²) in [6.45, 7) is 1.68. The van der Waals surface area contributed by atoms with Crippen LogP contribution >= 0.6 is 11.3 Å². The molecule has 25 heavy (non-hydrogen) atoms. The summed E-state index contributed by atoms with van der Waals surface area (Å²) in [5.41, 5.74) is 5.60. The Morgan fingerprint density at radius 3 is 2.28 bits per heavy atom. The topological polar surface area (TPSA) is 108 Å². The van der Waals surface area contributed by atoms with Crippen molar-refractivity contribution in [2.24, 2.45) is 5.73 Å². The van der Waals surface area contributed by atoms with Gasteiger partial charge in [-0.15, -0.1) is 11.3 Å². The summed E-state index contributed by atoms with van der Waals surface area (Å²) in [6.07, 6.45) is -3.36. The van der Waals surface area contributed by atoms with Crippen molar-refractivity contribution in [3.8, 4) is 0 Å². The predicted octanol–water partition coefficient (Wildman–Crippen LogP) is 2.99. The Morgan fingerprint density at radius 1 is 1.36 bits per heavy atom. The van der Waals surface area contributed by atoms with E-state index in [0.717, 1.165) is 28.5 Å². The van der Waals surface area contributed by atoms with Gasteiger partial charge in [0.1, 0.15) is 0 Å². The number of nitrogens with zero attached hydrogens (tertiary/aromatic N) is 1. The molecule has 138 valence electrons. The van der Waals surface area contributed by atoms with Crippen molar-refractivity contribution in [3.63, 3.8) is 0 Å². The molecule has 2 rings (SSSR count). The van der Waals surface area contributed by atoms with Gasteiger partial charge < -0.3 is 15.6 Å². The molecule has 0 saturated heterocycles. The maximum atomic E-state index is 12.4. The van der Waals surface area contributed by atoms with Crippen molar-refractivity contribution in [3.05, 3.63) is 40.9 Å². The van der Waals surface area contributed by atoms with Crippen molar-refractivity contribution < 1.29 is 26.7 Å². The first-order valence-electron chi connectivity index (χ1n) is 6.70. The van der Waals surface area contributed by atoms with Crippen molar-refractivity contribution in [2.75, 3.05) is 11.6 Å². The third-order valence-corrected chi connectivity index (χ3v) is 3.64. The molecule has 0 aliphatic rings. The van der Waals surface area contributed by atoms with Crippen LogP contribution in [0.5, 0.6) is 0 Å². The van der Waals surface area contributed by atoms with Gasteiger partial charge in [-0.3, -0.25) is 9.00 Å². The average molecular weight is 394 g/mol. The largest absolute Gasteiger partial charge is 0.773 e. The number of primary amides is 1. The number of anilines is 2. The predicted molar refractivity (Wildman–Crippen MR) is 89.3 cm³/mol. The van der Waals surface area contributed by atoms with Crippen LogP contribution in [0.3, 0.4) is 0 Å². The van der Waals surface area contributed by atoms with Gasteiger partial charge in [0, 0.05) is 11.1 Å². The van der Waals surface area contributed by atoms with Crippen LogP contribution in [0.4, 0.5) is 24.0 Å². The molecule has 2 atom stereocenters. The molecule has 1 heterocycles. The van der Waals surface area contributed by atoms with Crippen LogP contribution in [0.1, 0.15) is 24.1 Å². The Morgan fingerprint density at radius 2 is 1.88 bits per heavy atom. The summed E-state index contributed by atoms with van der Waals surface area (Å²) in [4.78, 5) is 14.5. The van der Waals surface area contributed by atoms with Crippen molar-refractivity contribution in [2.45, 2.75) is 19.0 Å². The molecular weight excluding hydrogens is 379 g/mol. The van der Waals surface area contributed by atoms with Crippen molar-refractivity contribution in [1.29, 1.82) is 0 Å². The lowest BCUT2D eigenvalue weighted by atomic mass is 10.0. The molecule has 0 saturated carbocycles. The summed E-state index contributed by atoms with van der Waals surface area (Å²) >= 11 is -0.991. The van der Waals surface area contributed by atoms with Gasteiger partial charge in [-0.25, -0.2) is 4.98 Å². The lowest BCUT2D eigenvalue weighted by molar-refractivity contribution is -0.140. The number of halogens is 3. The zero-order chi connectivity index (χ0) is 19.2. The summed E-state index contributed by atoms with van der Waals surface area (Å²) < 4.78 is 55.3. The fourth-order valence-corrected chi connectivity index (χ4v) is 2.34. The smallest absolute Gasteiger partial charge is 0.434 e. The van der Waals surface area contributed by atoms with E-state index in [9.17, 15) is 18.0 Å². The van der Waals surface area contributed by atoms with Crippen LogP contribution in [0.15, 0.2) is 29.6 Å². The number of alkyl halides is 3. The molecule has 11 heteroatoms. The van der Waals surface area contributed by atoms with Gasteiger partial charge in [0.2, 0.25) is 5.91 Å². The van der Waals surface area contributed by atoms with Crippen LogP contribution in [-0.4, -0.2) is 25.9 Å². The Hall–Kier alpha value is -1.98. The number of carbonyl (C=O) groups is 1. The second-order valence-electron chi connectivity index (χ2n) is 4.81. The van der Waals surface area contributed by atoms with E-state index in [-0.39, 0.29) is 5.13 Å². The van der Waals surface area contributed by atoms with Crippen LogP contribution in [0.25, 0.3) is 0 Å². The SMILES string of the molecule is CS(=O)[O-].C[C@H](C(N)=O)c1ccc(Nc2nc(C(F)(F)F)cs2)cc1. The molecule has 0 aliphatic carbocycles. The number of rotatable bonds is 4. The standard InChI is InChI=1S/C13H12F3N3OS.CH4O2S/c1-7(11(17)20)8-2-4-9(5-3-8)18-12-19-10(6-21-12)13(14,15)16;1-4(2)3/h2-7H,1H3,(H2,17,20)(H,18,19);1H3,(H,2,3)/p-1/t7-;/m0./s1. The minimum atomic E-state index is -4.45. The average Bonchev–Trinajstić information content (AvgIpc) is 2.95. The summed E-state index contributed by atoms with van der Waals surface area (Å²) in [5, 5.41) is 3.88. The van der Waals surface area contributed by atoms with E-state index in [2.05, 4.69) is 10.3 Å². The van der Waals surface area contributed by atoms with E-state index in [4.69, 9.17) is 14.5 Å². The van der Waals surface area contributed by atoms with E-state index in [0.29, 0.717) is 5.69 Å². The number of nitrogens with one attached hydrogen (secondary N) is 1. The molecule has 3 N–H and O–H groups in total. The third kappa shape index (κ3) is 7.20. The Bertz CT molecular complexity index is 729. The van der Waals surface area contributed by atoms with Gasteiger partial charge in [-0.2, -0.15) is 13.2 Å². The lowest BCUT2D eigenvalue weighted by Crippen LogP contribution is -2.18. The number of thiazole rings is 1. The van der Waals surface area contributed by atoms with Gasteiger partial charge in [0.25, 0.3) is 0 Å². The molecule has 1 amide bonds. The first-order valence-corrected chi connectivity index (χ1v) is 9.07. The monoisotopic (exact) mass is 394 g/mol. The highest BCUT2D eigenvalue weighted by Crippen LogP contribution is 2.32. The molecular formula is C14H15F3N3O3S2-. The first-order chi connectivity index (χ1) is 11.5. The van der Waals surface area contributed by atoms with E-state index in [1.165, 1.54) is 0 Å². The second kappa shape index (κ2) is 8.92. The first kappa shape index (κ1) is 21.1. The number of nitrogens with two attached hydrogens (primary N) is 1. The molecule has 0 spiro atoms. The van der Waals surface area contributed by atoms with Crippen LogP contribution in [-0.2, 0) is 22.1 Å². The van der Waals surface area contributed by atoms with Crippen molar-refractivity contribution >= 4 is 39.1 Å². The zero-order valence-corrected chi connectivity index (χ0v) is 14.8. The van der Waals surface area contributed by atoms with Gasteiger partial charge in [-0.1, -0.05) is 23.2 Å². The number of benzene rings is 1. The summed E-state index contributed by atoms with van der Waals surface area (Å²) in [5.74, 6) is -0.860. The van der Waals surface area contributed by atoms with Crippen LogP contribution in [0.2, 0.25) is 0 Å². The normalized spacial score (nSPS) is 13.4. The summed E-state index contributed by atoms with van der Waals surface area (Å²) in [6, 6.07) is 6.69. The number of hydrogen-bond donors (Lipinski definition) is 2. The van der Waals surface area contributed by atoms with Gasteiger partial charge in [0.15, 0.2) is 10.8 Å². The minimum absolute atomic E-state index is 0.151. The summed E-state index contributed by atoms with van der Waals surface area (Å²) in [7, 11) is 0. The van der Waals surface area contributed by atoms with Gasteiger partial charge in [0.05, 0.1) is 5.92 Å². The quantitative estimate of drug-likeness (QED) is 0.775. The lowest BCUT2D eigenvalue weighted by Gasteiger charge is -2.09. The molecule has 0 aliphatic heterocycles. The number of amides is 1. The number of hydrogen-bond acceptors (Lipinski definition) is 6. The highest BCUT2D eigenvalue weighted by Gasteiger charge is 2.33. The zero-order valence-electron chi connectivity index (χ0n) is 13.2. The molecule has 0 bridgehead atoms. The molecule has 0 radical (unpaired) electrons. The van der Waals surface area contributed by atoms with E-state index < -0.39 is 34.8 Å². The molecule has 1 aromatic heterocycles. The second-order valence-corrected chi connectivity index (χ2v) is 6.47. The molecule has 2 aromatic rings. The Balaban J connectivity index is 0.000000705. The molecule has 0 fully saturated rings. The number of aromatic nitrogens is 1. The fraction of sp³-hybridized carbons (Fsp3) is 0.286. The highest BCUT2D eigenvalue weighted by atomic mass is 32.2.